The van der Waals surface area contributed by atoms with Gasteiger partial charge in [-0.2, -0.15) is 5.10 Å². The van der Waals surface area contributed by atoms with Crippen molar-refractivity contribution in [1.82, 2.24) is 25.3 Å². The van der Waals surface area contributed by atoms with E-state index in [1.54, 1.807) is 18.1 Å². The Kier molecular flexibility index (Phi) is 6.55. The molecule has 1 aliphatic rings. The standard InChI is InChI=1S/C17H27N5O3/c1-12-9-18-20-16(12)17(25)22-8-6-4-5-7-14(10-22)19-15(24)11-21(3)13(2)23/h9,14H,4-8,10-11H2,1-3H3,(H,18,20)(H,19,24). The number of likely N-dealkylation sites (tertiary alicyclic amines) is 1. The van der Waals surface area contributed by atoms with Crippen molar-refractivity contribution < 1.29 is 14.4 Å². The van der Waals surface area contributed by atoms with E-state index >= 15 is 0 Å². The highest BCUT2D eigenvalue weighted by Crippen LogP contribution is 2.15. The third-order valence-corrected chi connectivity index (χ3v) is 4.53. The van der Waals surface area contributed by atoms with E-state index in [1.165, 1.54) is 11.8 Å². The number of hydrogen-bond acceptors (Lipinski definition) is 4. The summed E-state index contributed by atoms with van der Waals surface area (Å²) in [6.07, 6.45) is 5.44. The van der Waals surface area contributed by atoms with Crippen molar-refractivity contribution in [3.05, 3.63) is 17.5 Å². The monoisotopic (exact) mass is 349 g/mol. The van der Waals surface area contributed by atoms with Gasteiger partial charge in [-0.25, -0.2) is 0 Å². The van der Waals surface area contributed by atoms with Crippen LogP contribution in [0.25, 0.3) is 0 Å². The summed E-state index contributed by atoms with van der Waals surface area (Å²) in [5.41, 5.74) is 1.32. The number of hydrogen-bond donors (Lipinski definition) is 2. The van der Waals surface area contributed by atoms with Crippen LogP contribution in [0.15, 0.2) is 6.20 Å². The highest BCUT2D eigenvalue weighted by molar-refractivity contribution is 5.93. The topological polar surface area (TPSA) is 98.4 Å². The predicted octanol–water partition coefficient (Wildman–Crippen LogP) is 0.697. The Bertz CT molecular complexity index is 628. The van der Waals surface area contributed by atoms with Gasteiger partial charge in [-0.05, 0) is 25.3 Å². The van der Waals surface area contributed by atoms with E-state index in [4.69, 9.17) is 0 Å². The van der Waals surface area contributed by atoms with Crippen LogP contribution in [0, 0.1) is 6.92 Å². The number of carbonyl (C=O) groups excluding carboxylic acids is 3. The van der Waals surface area contributed by atoms with Gasteiger partial charge in [0.05, 0.1) is 12.7 Å². The van der Waals surface area contributed by atoms with Gasteiger partial charge in [0, 0.05) is 33.1 Å². The Hall–Kier alpha value is -2.38. The molecule has 0 aromatic carbocycles. The van der Waals surface area contributed by atoms with Gasteiger partial charge in [0.15, 0.2) is 0 Å². The molecule has 1 unspecified atom stereocenters. The molecule has 3 amide bonds. The number of likely N-dealkylation sites (N-methyl/N-ethyl adjacent to an activating group) is 1. The fraction of sp³-hybridized carbons (Fsp3) is 0.647. The number of amides is 3. The molecular formula is C17H27N5O3. The lowest BCUT2D eigenvalue weighted by molar-refractivity contribution is -0.133. The van der Waals surface area contributed by atoms with Gasteiger partial charge in [0.25, 0.3) is 5.91 Å². The van der Waals surface area contributed by atoms with Crippen LogP contribution in [0.4, 0.5) is 0 Å². The molecule has 2 heterocycles. The van der Waals surface area contributed by atoms with Crippen LogP contribution in [0.5, 0.6) is 0 Å². The summed E-state index contributed by atoms with van der Waals surface area (Å²) >= 11 is 0. The van der Waals surface area contributed by atoms with Crippen molar-refractivity contribution in [1.29, 1.82) is 0 Å². The first kappa shape index (κ1) is 19.0. The second-order valence-electron chi connectivity index (χ2n) is 6.67. The van der Waals surface area contributed by atoms with Gasteiger partial charge in [-0.15, -0.1) is 0 Å². The lowest BCUT2D eigenvalue weighted by Gasteiger charge is -2.31. The van der Waals surface area contributed by atoms with Crippen molar-refractivity contribution in [2.24, 2.45) is 0 Å². The number of nitrogens with one attached hydrogen (secondary N) is 2. The van der Waals surface area contributed by atoms with Crippen LogP contribution in [0.3, 0.4) is 0 Å². The van der Waals surface area contributed by atoms with Gasteiger partial charge in [0.1, 0.15) is 5.69 Å². The molecule has 0 saturated carbocycles. The number of nitrogens with zero attached hydrogens (tertiary/aromatic N) is 3. The third kappa shape index (κ3) is 5.30. The molecular weight excluding hydrogens is 322 g/mol. The molecule has 1 saturated heterocycles. The van der Waals surface area contributed by atoms with E-state index in [9.17, 15) is 14.4 Å². The maximum atomic E-state index is 12.7. The van der Waals surface area contributed by atoms with E-state index in [1.807, 2.05) is 6.92 Å². The Balaban J connectivity index is 2.00. The molecule has 1 atom stereocenters. The second-order valence-corrected chi connectivity index (χ2v) is 6.67. The number of aromatic amines is 1. The summed E-state index contributed by atoms with van der Waals surface area (Å²) in [5, 5.41) is 9.64. The Morgan fingerprint density at radius 1 is 1.36 bits per heavy atom. The van der Waals surface area contributed by atoms with Crippen molar-refractivity contribution >= 4 is 17.7 Å². The fourth-order valence-corrected chi connectivity index (χ4v) is 2.94. The Labute approximate surface area is 147 Å². The summed E-state index contributed by atoms with van der Waals surface area (Å²) in [5.74, 6) is -0.440. The van der Waals surface area contributed by atoms with Crippen molar-refractivity contribution in [3.63, 3.8) is 0 Å². The zero-order valence-electron chi connectivity index (χ0n) is 15.2. The number of H-pyrrole nitrogens is 1. The predicted molar refractivity (Wildman–Crippen MR) is 92.9 cm³/mol. The van der Waals surface area contributed by atoms with E-state index in [0.29, 0.717) is 18.8 Å². The smallest absolute Gasteiger partial charge is 0.272 e. The van der Waals surface area contributed by atoms with Crippen LogP contribution < -0.4 is 5.32 Å². The number of rotatable bonds is 4. The van der Waals surface area contributed by atoms with Crippen LogP contribution in [-0.2, 0) is 9.59 Å². The number of carbonyl (C=O) groups is 3. The summed E-state index contributed by atoms with van der Waals surface area (Å²) in [6.45, 7) is 4.43. The normalized spacial score (nSPS) is 18.2. The number of aromatic nitrogens is 2. The molecule has 8 nitrogen and oxygen atoms in total. The largest absolute Gasteiger partial charge is 0.350 e. The minimum absolute atomic E-state index is 0.0272. The minimum Gasteiger partial charge on any atom is -0.350 e. The molecule has 1 aromatic heterocycles. The lowest BCUT2D eigenvalue weighted by Crippen LogP contribution is -2.49. The van der Waals surface area contributed by atoms with Gasteiger partial charge < -0.3 is 15.1 Å². The quantitative estimate of drug-likeness (QED) is 0.836. The van der Waals surface area contributed by atoms with E-state index in [0.717, 1.165) is 31.2 Å². The van der Waals surface area contributed by atoms with Crippen molar-refractivity contribution in [2.75, 3.05) is 26.7 Å². The van der Waals surface area contributed by atoms with Gasteiger partial charge in [-0.3, -0.25) is 19.5 Å². The fourth-order valence-electron chi connectivity index (χ4n) is 2.94. The highest BCUT2D eigenvalue weighted by Gasteiger charge is 2.25. The summed E-state index contributed by atoms with van der Waals surface area (Å²) in [4.78, 5) is 39.3. The van der Waals surface area contributed by atoms with Gasteiger partial charge >= 0.3 is 0 Å². The molecule has 1 aliphatic heterocycles. The Morgan fingerprint density at radius 3 is 2.76 bits per heavy atom. The molecule has 0 aliphatic carbocycles. The molecule has 2 rings (SSSR count). The molecule has 8 heteroatoms. The van der Waals surface area contributed by atoms with E-state index in [2.05, 4.69) is 15.5 Å². The first-order valence-corrected chi connectivity index (χ1v) is 8.68. The number of aryl methyl sites for hydroxylation is 1. The van der Waals surface area contributed by atoms with Crippen molar-refractivity contribution in [3.8, 4) is 0 Å². The average Bonchev–Trinajstić information content (AvgIpc) is 2.95. The highest BCUT2D eigenvalue weighted by atomic mass is 16.2. The van der Waals surface area contributed by atoms with Gasteiger partial charge in [-0.1, -0.05) is 12.8 Å². The maximum absolute atomic E-state index is 12.7. The SMILES string of the molecule is CC(=O)N(C)CC(=O)NC1CCCCCN(C(=O)c2[nH]ncc2C)C1. The molecule has 1 aromatic rings. The molecule has 25 heavy (non-hydrogen) atoms. The molecule has 0 bridgehead atoms. The summed E-state index contributed by atoms with van der Waals surface area (Å²) in [6, 6.07) is -0.111. The molecule has 0 spiro atoms. The molecule has 0 radical (unpaired) electrons. The van der Waals surface area contributed by atoms with Crippen LogP contribution in [0.1, 0.15) is 48.7 Å². The third-order valence-electron chi connectivity index (χ3n) is 4.53. The van der Waals surface area contributed by atoms with Crippen molar-refractivity contribution in [2.45, 2.75) is 45.6 Å². The lowest BCUT2D eigenvalue weighted by atomic mass is 10.0. The van der Waals surface area contributed by atoms with E-state index in [-0.39, 0.29) is 30.3 Å². The average molecular weight is 349 g/mol. The first-order chi connectivity index (χ1) is 11.9. The van der Waals surface area contributed by atoms with Crippen LogP contribution in [0.2, 0.25) is 0 Å². The minimum atomic E-state index is -0.201. The first-order valence-electron chi connectivity index (χ1n) is 8.68. The van der Waals surface area contributed by atoms with Gasteiger partial charge in [0.2, 0.25) is 11.8 Å². The Morgan fingerprint density at radius 2 is 2.12 bits per heavy atom. The zero-order chi connectivity index (χ0) is 18.4. The van der Waals surface area contributed by atoms with E-state index < -0.39 is 0 Å². The zero-order valence-corrected chi connectivity index (χ0v) is 15.2. The summed E-state index contributed by atoms with van der Waals surface area (Å²) in [7, 11) is 1.59. The molecule has 138 valence electrons. The van der Waals surface area contributed by atoms with Crippen LogP contribution >= 0.6 is 0 Å². The molecule has 2 N–H and O–H groups in total. The molecule has 1 fully saturated rings. The second kappa shape index (κ2) is 8.64. The van der Waals surface area contributed by atoms with Crippen LogP contribution in [-0.4, -0.2) is 70.4 Å². The summed E-state index contributed by atoms with van der Waals surface area (Å²) < 4.78 is 0. The maximum Gasteiger partial charge on any atom is 0.272 e.